The van der Waals surface area contributed by atoms with Crippen LogP contribution in [0, 0.1) is 0 Å². The SMILES string of the molecule is O=C(NC1CN(C2CNC2)C1)OCc1ccccc1. The number of hydrogen-bond acceptors (Lipinski definition) is 4. The number of likely N-dealkylation sites (tertiary alicyclic amines) is 1. The molecule has 1 aromatic carbocycles. The molecule has 5 heteroatoms. The maximum atomic E-state index is 11.6. The lowest BCUT2D eigenvalue weighted by Gasteiger charge is -2.47. The predicted octanol–water partition coefficient (Wildman–Crippen LogP) is 0.569. The van der Waals surface area contributed by atoms with E-state index in [9.17, 15) is 4.79 Å². The summed E-state index contributed by atoms with van der Waals surface area (Å²) in [6.07, 6.45) is -0.319. The quantitative estimate of drug-likeness (QED) is 0.832. The predicted molar refractivity (Wildman–Crippen MR) is 71.8 cm³/mol. The molecule has 0 radical (unpaired) electrons. The molecule has 19 heavy (non-hydrogen) atoms. The van der Waals surface area contributed by atoms with E-state index >= 15 is 0 Å². The van der Waals surface area contributed by atoms with Crippen LogP contribution >= 0.6 is 0 Å². The van der Waals surface area contributed by atoms with E-state index in [2.05, 4.69) is 15.5 Å². The van der Waals surface area contributed by atoms with Crippen LogP contribution in [-0.4, -0.2) is 49.3 Å². The molecule has 2 heterocycles. The Morgan fingerprint density at radius 2 is 2.05 bits per heavy atom. The van der Waals surface area contributed by atoms with Gasteiger partial charge in [-0.25, -0.2) is 4.79 Å². The minimum atomic E-state index is -0.319. The number of nitrogens with zero attached hydrogens (tertiary/aromatic N) is 1. The molecule has 0 unspecified atom stereocenters. The molecule has 0 bridgehead atoms. The highest BCUT2D eigenvalue weighted by atomic mass is 16.5. The van der Waals surface area contributed by atoms with Crippen molar-refractivity contribution in [1.82, 2.24) is 15.5 Å². The second kappa shape index (κ2) is 5.59. The summed E-state index contributed by atoms with van der Waals surface area (Å²) in [5.41, 5.74) is 1.01. The van der Waals surface area contributed by atoms with Crippen LogP contribution in [0.1, 0.15) is 5.56 Å². The van der Waals surface area contributed by atoms with Crippen LogP contribution in [0.25, 0.3) is 0 Å². The fourth-order valence-corrected chi connectivity index (χ4v) is 2.37. The van der Waals surface area contributed by atoms with Crippen molar-refractivity contribution in [2.24, 2.45) is 0 Å². The van der Waals surface area contributed by atoms with Crippen LogP contribution in [0.4, 0.5) is 4.79 Å². The molecule has 2 aliphatic rings. The summed E-state index contributed by atoms with van der Waals surface area (Å²) in [4.78, 5) is 14.0. The van der Waals surface area contributed by atoms with Crippen molar-refractivity contribution in [3.05, 3.63) is 35.9 Å². The molecule has 2 aliphatic heterocycles. The van der Waals surface area contributed by atoms with Crippen molar-refractivity contribution in [1.29, 1.82) is 0 Å². The van der Waals surface area contributed by atoms with Gasteiger partial charge in [-0.15, -0.1) is 0 Å². The van der Waals surface area contributed by atoms with Crippen LogP contribution in [0.3, 0.4) is 0 Å². The fourth-order valence-electron chi connectivity index (χ4n) is 2.37. The fraction of sp³-hybridized carbons (Fsp3) is 0.500. The number of alkyl carbamates (subject to hydrolysis) is 1. The van der Waals surface area contributed by atoms with Crippen molar-refractivity contribution in [2.45, 2.75) is 18.7 Å². The molecule has 102 valence electrons. The van der Waals surface area contributed by atoms with Gasteiger partial charge in [-0.1, -0.05) is 30.3 Å². The van der Waals surface area contributed by atoms with Crippen LogP contribution in [0.2, 0.25) is 0 Å². The first kappa shape index (κ1) is 12.4. The second-order valence-corrected chi connectivity index (χ2v) is 5.17. The number of rotatable bonds is 4. The van der Waals surface area contributed by atoms with E-state index in [0.717, 1.165) is 31.7 Å². The average molecular weight is 261 g/mol. The van der Waals surface area contributed by atoms with Crippen LogP contribution in [0.5, 0.6) is 0 Å². The minimum absolute atomic E-state index is 0.240. The summed E-state index contributed by atoms with van der Waals surface area (Å²) in [5.74, 6) is 0. The van der Waals surface area contributed by atoms with Crippen molar-refractivity contribution in [3.63, 3.8) is 0 Å². The molecule has 0 spiro atoms. The van der Waals surface area contributed by atoms with Gasteiger partial charge in [-0.2, -0.15) is 0 Å². The normalized spacial score (nSPS) is 20.4. The number of benzene rings is 1. The zero-order chi connectivity index (χ0) is 13.1. The summed E-state index contributed by atoms with van der Waals surface area (Å²) in [7, 11) is 0. The Morgan fingerprint density at radius 1 is 1.32 bits per heavy atom. The summed E-state index contributed by atoms with van der Waals surface area (Å²) in [6, 6.07) is 10.6. The van der Waals surface area contributed by atoms with Gasteiger partial charge in [0, 0.05) is 32.2 Å². The maximum Gasteiger partial charge on any atom is 0.407 e. The van der Waals surface area contributed by atoms with E-state index in [0.29, 0.717) is 12.6 Å². The van der Waals surface area contributed by atoms with Crippen molar-refractivity contribution >= 4 is 6.09 Å². The molecule has 1 amide bonds. The van der Waals surface area contributed by atoms with Gasteiger partial charge in [0.15, 0.2) is 0 Å². The Hall–Kier alpha value is -1.59. The van der Waals surface area contributed by atoms with Gasteiger partial charge in [0.05, 0.1) is 6.04 Å². The van der Waals surface area contributed by atoms with Gasteiger partial charge >= 0.3 is 6.09 Å². The lowest BCUT2D eigenvalue weighted by atomic mass is 10.0. The molecule has 0 aliphatic carbocycles. The minimum Gasteiger partial charge on any atom is -0.445 e. The van der Waals surface area contributed by atoms with Crippen molar-refractivity contribution < 1.29 is 9.53 Å². The van der Waals surface area contributed by atoms with Crippen LogP contribution in [0.15, 0.2) is 30.3 Å². The largest absolute Gasteiger partial charge is 0.445 e. The first-order valence-electron chi connectivity index (χ1n) is 6.73. The van der Waals surface area contributed by atoms with Gasteiger partial charge in [0.1, 0.15) is 6.61 Å². The highest BCUT2D eigenvalue weighted by Gasteiger charge is 2.35. The zero-order valence-electron chi connectivity index (χ0n) is 10.8. The Labute approximate surface area is 112 Å². The molecular weight excluding hydrogens is 242 g/mol. The molecule has 2 N–H and O–H groups in total. The zero-order valence-corrected chi connectivity index (χ0v) is 10.8. The Kier molecular flexibility index (Phi) is 3.66. The average Bonchev–Trinajstić information content (AvgIpc) is 2.33. The molecule has 2 saturated heterocycles. The number of amides is 1. The lowest BCUT2D eigenvalue weighted by molar-refractivity contribution is 0.0446. The monoisotopic (exact) mass is 261 g/mol. The standard InChI is InChI=1S/C14H19N3O2/c18-14(19-10-11-4-2-1-3-5-11)16-12-8-17(9-12)13-6-15-7-13/h1-5,12-13,15H,6-10H2,(H,16,18). The third kappa shape index (κ3) is 3.05. The maximum absolute atomic E-state index is 11.6. The van der Waals surface area contributed by atoms with Gasteiger partial charge in [-0.05, 0) is 5.56 Å². The molecule has 1 aromatic rings. The van der Waals surface area contributed by atoms with E-state index in [-0.39, 0.29) is 12.1 Å². The van der Waals surface area contributed by atoms with Gasteiger partial charge in [0.2, 0.25) is 0 Å². The first-order valence-corrected chi connectivity index (χ1v) is 6.73. The number of carbonyl (C=O) groups is 1. The summed E-state index contributed by atoms with van der Waals surface area (Å²) in [6.45, 7) is 4.35. The van der Waals surface area contributed by atoms with E-state index in [1.165, 1.54) is 0 Å². The Morgan fingerprint density at radius 3 is 2.68 bits per heavy atom. The van der Waals surface area contributed by atoms with Gasteiger partial charge in [0.25, 0.3) is 0 Å². The van der Waals surface area contributed by atoms with E-state index in [1.54, 1.807) is 0 Å². The van der Waals surface area contributed by atoms with E-state index in [1.807, 2.05) is 30.3 Å². The summed E-state index contributed by atoms with van der Waals surface area (Å²) >= 11 is 0. The number of nitrogens with one attached hydrogen (secondary N) is 2. The van der Waals surface area contributed by atoms with Crippen molar-refractivity contribution in [3.8, 4) is 0 Å². The molecule has 3 rings (SSSR count). The Bertz CT molecular complexity index is 428. The van der Waals surface area contributed by atoms with E-state index in [4.69, 9.17) is 4.74 Å². The summed E-state index contributed by atoms with van der Waals surface area (Å²) < 4.78 is 5.19. The topological polar surface area (TPSA) is 53.6 Å². The molecule has 2 fully saturated rings. The molecule has 0 saturated carbocycles. The van der Waals surface area contributed by atoms with Crippen LogP contribution < -0.4 is 10.6 Å². The van der Waals surface area contributed by atoms with E-state index < -0.39 is 0 Å². The summed E-state index contributed by atoms with van der Waals surface area (Å²) in [5, 5.41) is 6.15. The second-order valence-electron chi connectivity index (χ2n) is 5.17. The third-order valence-electron chi connectivity index (χ3n) is 3.72. The highest BCUT2D eigenvalue weighted by Crippen LogP contribution is 2.15. The molecule has 0 atom stereocenters. The number of ether oxygens (including phenoxy) is 1. The lowest BCUT2D eigenvalue weighted by Crippen LogP contribution is -2.68. The first-order chi connectivity index (χ1) is 9.31. The van der Waals surface area contributed by atoms with Gasteiger partial charge < -0.3 is 15.4 Å². The number of hydrogen-bond donors (Lipinski definition) is 2. The smallest absolute Gasteiger partial charge is 0.407 e. The number of carbonyl (C=O) groups excluding carboxylic acids is 1. The van der Waals surface area contributed by atoms with Gasteiger partial charge in [-0.3, -0.25) is 4.90 Å². The molecule has 5 nitrogen and oxygen atoms in total. The van der Waals surface area contributed by atoms with Crippen molar-refractivity contribution in [2.75, 3.05) is 26.2 Å². The third-order valence-corrected chi connectivity index (χ3v) is 3.72. The molecule has 0 aromatic heterocycles. The molecular formula is C14H19N3O2. The highest BCUT2D eigenvalue weighted by molar-refractivity contribution is 5.67. The van der Waals surface area contributed by atoms with Crippen LogP contribution in [-0.2, 0) is 11.3 Å². The Balaban J connectivity index is 1.34.